The Labute approximate surface area is 166 Å². The maximum atomic E-state index is 12.9. The summed E-state index contributed by atoms with van der Waals surface area (Å²) in [6.07, 6.45) is 2.30. The number of para-hydroxylation sites is 2. The van der Waals surface area contributed by atoms with Crippen LogP contribution in [0.3, 0.4) is 0 Å². The van der Waals surface area contributed by atoms with E-state index >= 15 is 0 Å². The molecule has 0 spiro atoms. The van der Waals surface area contributed by atoms with Crippen LogP contribution in [0.15, 0.2) is 52.2 Å². The molecule has 3 aromatic heterocycles. The fourth-order valence-corrected chi connectivity index (χ4v) is 4.08. The molecule has 1 aromatic carbocycles. The van der Waals surface area contributed by atoms with E-state index in [2.05, 4.69) is 15.5 Å². The summed E-state index contributed by atoms with van der Waals surface area (Å²) in [6.45, 7) is 3.88. The van der Waals surface area contributed by atoms with Crippen LogP contribution in [0, 0.1) is 6.92 Å². The van der Waals surface area contributed by atoms with Crippen molar-refractivity contribution in [3.05, 3.63) is 48.5 Å². The predicted octanol–water partition coefficient (Wildman–Crippen LogP) is 4.30. The lowest BCUT2D eigenvalue weighted by Crippen LogP contribution is -2.25. The molecular weight excluding hydrogens is 376 g/mol. The van der Waals surface area contributed by atoms with Gasteiger partial charge in [0.15, 0.2) is 5.58 Å². The molecule has 0 radical (unpaired) electrons. The summed E-state index contributed by atoms with van der Waals surface area (Å²) < 4.78 is 13.0. The number of furan rings is 1. The van der Waals surface area contributed by atoms with Crippen LogP contribution >= 0.6 is 11.8 Å². The molecule has 0 saturated heterocycles. The highest BCUT2D eigenvalue weighted by Crippen LogP contribution is 2.32. The third kappa shape index (κ3) is 3.31. The van der Waals surface area contributed by atoms with Crippen LogP contribution in [-0.4, -0.2) is 32.9 Å². The second kappa shape index (κ2) is 7.55. The average Bonchev–Trinajstić information content (AvgIpc) is 3.23. The van der Waals surface area contributed by atoms with Crippen LogP contribution in [0.2, 0.25) is 0 Å². The summed E-state index contributed by atoms with van der Waals surface area (Å²) in [7, 11) is 1.58. The van der Waals surface area contributed by atoms with Gasteiger partial charge in [-0.15, -0.1) is 10.2 Å². The van der Waals surface area contributed by atoms with E-state index in [0.717, 1.165) is 22.4 Å². The van der Waals surface area contributed by atoms with Gasteiger partial charge in [-0.1, -0.05) is 30.8 Å². The molecule has 0 aliphatic carbocycles. The van der Waals surface area contributed by atoms with Gasteiger partial charge in [-0.25, -0.2) is 0 Å². The zero-order chi connectivity index (χ0) is 19.7. The molecule has 3 heterocycles. The number of thioether (sulfide) groups is 1. The molecule has 4 rings (SSSR count). The fourth-order valence-electron chi connectivity index (χ4n) is 3.11. The summed E-state index contributed by atoms with van der Waals surface area (Å²) in [4.78, 5) is 12.9. The number of carbonyl (C=O) groups is 1. The molecule has 144 valence electrons. The summed E-state index contributed by atoms with van der Waals surface area (Å²) in [5, 5.41) is 11.7. The second-order valence-electron chi connectivity index (χ2n) is 6.35. The van der Waals surface area contributed by atoms with Gasteiger partial charge in [0.25, 0.3) is 0 Å². The first-order valence-electron chi connectivity index (χ1n) is 8.94. The Hall–Kier alpha value is -3.00. The highest BCUT2D eigenvalue weighted by molar-refractivity contribution is 8.00. The molecule has 8 heteroatoms. The third-order valence-electron chi connectivity index (χ3n) is 4.47. The number of fused-ring (bicyclic) bond motifs is 3. The van der Waals surface area contributed by atoms with Gasteiger partial charge < -0.3 is 14.5 Å². The van der Waals surface area contributed by atoms with Gasteiger partial charge in [0.2, 0.25) is 5.91 Å². The maximum Gasteiger partial charge on any atom is 0.238 e. The number of aryl methyl sites for hydroxylation is 1. The lowest BCUT2D eigenvalue weighted by atomic mass is 10.2. The Bertz CT molecular complexity index is 1150. The minimum atomic E-state index is -0.326. The van der Waals surface area contributed by atoms with E-state index in [9.17, 15) is 4.79 Å². The van der Waals surface area contributed by atoms with Gasteiger partial charge in [0, 0.05) is 12.1 Å². The molecule has 0 aliphatic rings. The minimum absolute atomic E-state index is 0.105. The molecule has 28 heavy (non-hydrogen) atoms. The Balaban J connectivity index is 1.61. The number of carbonyl (C=O) groups excluding carboxylic acids is 1. The van der Waals surface area contributed by atoms with Crippen LogP contribution < -0.4 is 10.1 Å². The van der Waals surface area contributed by atoms with Crippen molar-refractivity contribution in [1.29, 1.82) is 0 Å². The second-order valence-corrected chi connectivity index (χ2v) is 7.54. The van der Waals surface area contributed by atoms with Crippen LogP contribution in [0.5, 0.6) is 5.75 Å². The number of ether oxygens (including phenoxy) is 1. The van der Waals surface area contributed by atoms with Crippen molar-refractivity contribution in [3.8, 4) is 5.75 Å². The topological polar surface area (TPSA) is 81.7 Å². The molecule has 1 amide bonds. The summed E-state index contributed by atoms with van der Waals surface area (Å²) in [6, 6.07) is 11.2. The fraction of sp³-hybridized carbons (Fsp3) is 0.250. The molecule has 1 unspecified atom stereocenters. The standard InChI is InChI=1S/C20H20N4O3S/c1-4-18(19(25)22-13-7-5-6-8-16(13)26-3)28-20-15-10-17-14(9-12(2)27-17)24(15)11-21-23-20/h5-11,18H,4H2,1-3H3,(H,22,25). The normalized spacial score (nSPS) is 12.4. The van der Waals surface area contributed by atoms with Crippen LogP contribution in [0.25, 0.3) is 16.6 Å². The number of benzene rings is 1. The van der Waals surface area contributed by atoms with Gasteiger partial charge in [-0.05, 0) is 25.5 Å². The van der Waals surface area contributed by atoms with Gasteiger partial charge >= 0.3 is 0 Å². The molecule has 4 aromatic rings. The van der Waals surface area contributed by atoms with Crippen molar-refractivity contribution in [2.75, 3.05) is 12.4 Å². The monoisotopic (exact) mass is 396 g/mol. The highest BCUT2D eigenvalue weighted by atomic mass is 32.2. The SMILES string of the molecule is CCC(Sc1nncn2c1cc1oc(C)cc12)C(=O)Nc1ccccc1OC. The number of aromatic nitrogens is 3. The van der Waals surface area contributed by atoms with E-state index in [1.807, 2.05) is 54.6 Å². The van der Waals surface area contributed by atoms with Crippen molar-refractivity contribution in [2.45, 2.75) is 30.5 Å². The number of nitrogens with one attached hydrogen (secondary N) is 1. The zero-order valence-corrected chi connectivity index (χ0v) is 16.6. The average molecular weight is 396 g/mol. The van der Waals surface area contributed by atoms with E-state index in [4.69, 9.17) is 9.15 Å². The van der Waals surface area contributed by atoms with Crippen molar-refractivity contribution in [3.63, 3.8) is 0 Å². The molecule has 0 bridgehead atoms. The van der Waals surface area contributed by atoms with Crippen molar-refractivity contribution in [2.24, 2.45) is 0 Å². The maximum absolute atomic E-state index is 12.9. The van der Waals surface area contributed by atoms with Gasteiger partial charge in [-0.2, -0.15) is 0 Å². The smallest absolute Gasteiger partial charge is 0.238 e. The lowest BCUT2D eigenvalue weighted by molar-refractivity contribution is -0.115. The summed E-state index contributed by atoms with van der Waals surface area (Å²) >= 11 is 1.39. The number of methoxy groups -OCH3 is 1. The minimum Gasteiger partial charge on any atom is -0.495 e. The Kier molecular flexibility index (Phi) is 4.95. The van der Waals surface area contributed by atoms with E-state index in [0.29, 0.717) is 22.9 Å². The van der Waals surface area contributed by atoms with Gasteiger partial charge in [-0.3, -0.25) is 9.20 Å². The number of rotatable bonds is 6. The molecular formula is C20H20N4O3S. The molecule has 7 nitrogen and oxygen atoms in total. The largest absolute Gasteiger partial charge is 0.495 e. The molecule has 0 aliphatic heterocycles. The number of anilines is 1. The first kappa shape index (κ1) is 18.4. The highest BCUT2D eigenvalue weighted by Gasteiger charge is 2.22. The summed E-state index contributed by atoms with van der Waals surface area (Å²) in [5.74, 6) is 1.36. The van der Waals surface area contributed by atoms with E-state index in [1.54, 1.807) is 13.4 Å². The Morgan fingerprint density at radius 2 is 2.14 bits per heavy atom. The quantitative estimate of drug-likeness (QED) is 0.489. The number of hydrogen-bond acceptors (Lipinski definition) is 6. The first-order chi connectivity index (χ1) is 13.6. The number of nitrogens with zero attached hydrogens (tertiary/aromatic N) is 3. The van der Waals surface area contributed by atoms with Crippen molar-refractivity contribution in [1.82, 2.24) is 14.6 Å². The lowest BCUT2D eigenvalue weighted by Gasteiger charge is -2.16. The van der Waals surface area contributed by atoms with Crippen LogP contribution in [-0.2, 0) is 4.79 Å². The Morgan fingerprint density at radius 3 is 2.93 bits per heavy atom. The van der Waals surface area contributed by atoms with E-state index < -0.39 is 0 Å². The van der Waals surface area contributed by atoms with Crippen LogP contribution in [0.1, 0.15) is 19.1 Å². The number of amides is 1. The third-order valence-corrected chi connectivity index (χ3v) is 5.81. The molecule has 0 fully saturated rings. The van der Waals surface area contributed by atoms with E-state index in [1.165, 1.54) is 11.8 Å². The Morgan fingerprint density at radius 1 is 1.32 bits per heavy atom. The van der Waals surface area contributed by atoms with Gasteiger partial charge in [0.05, 0.1) is 29.1 Å². The molecule has 1 N–H and O–H groups in total. The molecule has 0 saturated carbocycles. The molecule has 1 atom stereocenters. The summed E-state index contributed by atoms with van der Waals surface area (Å²) in [5.41, 5.74) is 3.24. The van der Waals surface area contributed by atoms with E-state index in [-0.39, 0.29) is 11.2 Å². The first-order valence-corrected chi connectivity index (χ1v) is 9.82. The van der Waals surface area contributed by atoms with Crippen molar-refractivity contribution < 1.29 is 13.9 Å². The zero-order valence-electron chi connectivity index (χ0n) is 15.8. The van der Waals surface area contributed by atoms with Crippen molar-refractivity contribution >= 4 is 40.0 Å². The van der Waals surface area contributed by atoms with Gasteiger partial charge in [0.1, 0.15) is 22.9 Å². The van der Waals surface area contributed by atoms with Crippen LogP contribution in [0.4, 0.5) is 5.69 Å². The predicted molar refractivity (Wildman–Crippen MR) is 109 cm³/mol. The number of hydrogen-bond donors (Lipinski definition) is 1.